The summed E-state index contributed by atoms with van der Waals surface area (Å²) in [6, 6.07) is 8.34. The molecule has 1 aliphatic heterocycles. The first-order valence-electron chi connectivity index (χ1n) is 7.17. The summed E-state index contributed by atoms with van der Waals surface area (Å²) < 4.78 is 10.0. The van der Waals surface area contributed by atoms with Gasteiger partial charge in [0.15, 0.2) is 23.0 Å². The van der Waals surface area contributed by atoms with Crippen LogP contribution in [0.1, 0.15) is 11.1 Å². The number of carbonyl (C=O) groups excluding carboxylic acids is 1. The van der Waals surface area contributed by atoms with E-state index < -0.39 is 17.5 Å². The van der Waals surface area contributed by atoms with E-state index >= 15 is 0 Å². The second-order valence-electron chi connectivity index (χ2n) is 5.26. The average molecular weight is 342 g/mol. The van der Waals surface area contributed by atoms with Crippen LogP contribution in [0.5, 0.6) is 23.0 Å². The lowest BCUT2D eigenvalue weighted by atomic mass is 10.0. The highest BCUT2D eigenvalue weighted by Gasteiger charge is 2.31. The highest BCUT2D eigenvalue weighted by molar-refractivity contribution is 6.20. The molecule has 0 amide bonds. The summed E-state index contributed by atoms with van der Waals surface area (Å²) in [5.41, 5.74) is 0.685. The third-order valence-electron chi connectivity index (χ3n) is 3.63. The summed E-state index contributed by atoms with van der Waals surface area (Å²) in [6.45, 7) is 0. The van der Waals surface area contributed by atoms with Crippen molar-refractivity contribution < 1.29 is 34.7 Å². The number of cyclic esters (lactones) is 1. The molecule has 0 saturated heterocycles. The van der Waals surface area contributed by atoms with E-state index in [1.807, 2.05) is 0 Å². The van der Waals surface area contributed by atoms with Crippen LogP contribution >= 0.6 is 0 Å². The highest BCUT2D eigenvalue weighted by atomic mass is 16.6. The predicted molar refractivity (Wildman–Crippen MR) is 88.0 cm³/mol. The molecular weight excluding hydrogens is 328 g/mol. The monoisotopic (exact) mass is 342 g/mol. The normalized spacial score (nSPS) is 15.6. The molecule has 0 aromatic heterocycles. The largest absolute Gasteiger partial charge is 0.508 e. The molecule has 0 bridgehead atoms. The zero-order valence-corrected chi connectivity index (χ0v) is 13.1. The van der Waals surface area contributed by atoms with Crippen molar-refractivity contribution in [2.75, 3.05) is 7.11 Å². The van der Waals surface area contributed by atoms with Gasteiger partial charge in [0.25, 0.3) is 0 Å². The third kappa shape index (κ3) is 2.94. The van der Waals surface area contributed by atoms with Crippen LogP contribution in [0.2, 0.25) is 0 Å². The number of hydrogen-bond donors (Lipinski definition) is 4. The molecule has 0 spiro atoms. The Balaban J connectivity index is 2.04. The minimum absolute atomic E-state index is 0.0256. The first-order valence-corrected chi connectivity index (χ1v) is 7.17. The summed E-state index contributed by atoms with van der Waals surface area (Å²) in [5.74, 6) is -2.02. The van der Waals surface area contributed by atoms with Gasteiger partial charge in [-0.05, 0) is 41.5 Å². The van der Waals surface area contributed by atoms with Gasteiger partial charge in [0.1, 0.15) is 11.3 Å². The van der Waals surface area contributed by atoms with Crippen LogP contribution in [-0.4, -0.2) is 33.5 Å². The molecule has 0 unspecified atom stereocenters. The maximum atomic E-state index is 12.1. The zero-order valence-electron chi connectivity index (χ0n) is 13.1. The molecule has 3 rings (SSSR count). The van der Waals surface area contributed by atoms with Crippen molar-refractivity contribution in [2.24, 2.45) is 0 Å². The van der Waals surface area contributed by atoms with Crippen molar-refractivity contribution in [3.63, 3.8) is 0 Å². The van der Waals surface area contributed by atoms with Gasteiger partial charge in [0.05, 0.1) is 7.11 Å². The van der Waals surface area contributed by atoms with Crippen LogP contribution in [0.15, 0.2) is 47.9 Å². The van der Waals surface area contributed by atoms with Crippen LogP contribution in [0.3, 0.4) is 0 Å². The lowest BCUT2D eigenvalue weighted by molar-refractivity contribution is -0.131. The zero-order chi connectivity index (χ0) is 18.1. The Kier molecular flexibility index (Phi) is 3.98. The van der Waals surface area contributed by atoms with Gasteiger partial charge < -0.3 is 29.9 Å². The summed E-state index contributed by atoms with van der Waals surface area (Å²) >= 11 is 0. The quantitative estimate of drug-likeness (QED) is 0.500. The molecule has 2 aromatic carbocycles. The molecule has 1 heterocycles. The first-order chi connectivity index (χ1) is 11.9. The summed E-state index contributed by atoms with van der Waals surface area (Å²) in [4.78, 5) is 12.1. The van der Waals surface area contributed by atoms with E-state index in [-0.39, 0.29) is 28.6 Å². The van der Waals surface area contributed by atoms with Crippen LogP contribution < -0.4 is 4.74 Å². The Morgan fingerprint density at radius 2 is 1.72 bits per heavy atom. The lowest BCUT2D eigenvalue weighted by Gasteiger charge is -2.07. The van der Waals surface area contributed by atoms with Crippen LogP contribution in [0.4, 0.5) is 0 Å². The molecule has 7 heteroatoms. The Bertz CT molecular complexity index is 908. The van der Waals surface area contributed by atoms with Gasteiger partial charge in [-0.3, -0.25) is 0 Å². The molecule has 7 nitrogen and oxygen atoms in total. The number of methoxy groups -OCH3 is 1. The molecule has 2 aromatic rings. The maximum absolute atomic E-state index is 12.1. The van der Waals surface area contributed by atoms with E-state index in [1.165, 1.54) is 49.6 Å². The Morgan fingerprint density at radius 3 is 2.36 bits per heavy atom. The van der Waals surface area contributed by atoms with Crippen LogP contribution in [-0.2, 0) is 9.53 Å². The number of hydrogen-bond acceptors (Lipinski definition) is 7. The summed E-state index contributed by atoms with van der Waals surface area (Å²) in [6.07, 6.45) is 1.32. The summed E-state index contributed by atoms with van der Waals surface area (Å²) in [5, 5.41) is 39.0. The summed E-state index contributed by atoms with van der Waals surface area (Å²) in [7, 11) is 1.32. The number of carbonyl (C=O) groups is 1. The van der Waals surface area contributed by atoms with Crippen LogP contribution in [0.25, 0.3) is 11.6 Å². The van der Waals surface area contributed by atoms with Crippen LogP contribution in [0, 0.1) is 0 Å². The Hall–Kier alpha value is -3.61. The van der Waals surface area contributed by atoms with Crippen molar-refractivity contribution in [2.45, 2.75) is 0 Å². The molecule has 0 atom stereocenters. The van der Waals surface area contributed by atoms with Crippen molar-refractivity contribution >= 4 is 17.6 Å². The number of aliphatic hydroxyl groups is 1. The number of phenolic OH excluding ortho intramolecular Hbond substituents is 3. The van der Waals surface area contributed by atoms with Crippen molar-refractivity contribution in [1.29, 1.82) is 0 Å². The lowest BCUT2D eigenvalue weighted by Crippen LogP contribution is -1.98. The molecule has 4 N–H and O–H groups in total. The first kappa shape index (κ1) is 16.3. The third-order valence-corrected chi connectivity index (χ3v) is 3.63. The van der Waals surface area contributed by atoms with E-state index in [0.717, 1.165) is 0 Å². The van der Waals surface area contributed by atoms with E-state index in [0.29, 0.717) is 11.1 Å². The molecular formula is C18H14O7. The Labute approximate surface area is 142 Å². The fraction of sp³-hybridized carbons (Fsp3) is 0.0556. The number of aliphatic hydroxyl groups excluding tert-OH is 1. The van der Waals surface area contributed by atoms with Crippen molar-refractivity contribution in [1.82, 2.24) is 0 Å². The van der Waals surface area contributed by atoms with Crippen molar-refractivity contribution in [3.8, 4) is 23.0 Å². The Morgan fingerprint density at radius 1 is 1.04 bits per heavy atom. The fourth-order valence-corrected chi connectivity index (χ4v) is 2.40. The smallest absolute Gasteiger partial charge is 0.348 e. The average Bonchev–Trinajstić information content (AvgIpc) is 2.85. The molecule has 0 radical (unpaired) electrons. The standard InChI is InChI=1S/C18H14O7/c1-24-13-7-9(6-12(20)16(13)21)8-14-17(22)15(18(23)25-14)10-2-4-11(19)5-3-10/h2-8,19-22H,1H3. The van der Waals surface area contributed by atoms with Gasteiger partial charge in [-0.1, -0.05) is 12.1 Å². The second kappa shape index (κ2) is 6.12. The number of aromatic hydroxyl groups is 3. The molecule has 25 heavy (non-hydrogen) atoms. The second-order valence-corrected chi connectivity index (χ2v) is 5.26. The molecule has 128 valence electrons. The van der Waals surface area contributed by atoms with E-state index in [1.54, 1.807) is 0 Å². The molecule has 0 saturated carbocycles. The number of rotatable bonds is 3. The van der Waals surface area contributed by atoms with Gasteiger partial charge in [-0.2, -0.15) is 0 Å². The highest BCUT2D eigenvalue weighted by Crippen LogP contribution is 2.38. The number of phenols is 3. The molecule has 0 aliphatic carbocycles. The number of benzene rings is 2. The predicted octanol–water partition coefficient (Wildman–Crippen LogP) is 2.68. The number of ether oxygens (including phenoxy) is 2. The van der Waals surface area contributed by atoms with E-state index in [2.05, 4.69) is 0 Å². The van der Waals surface area contributed by atoms with Gasteiger partial charge in [-0.25, -0.2) is 4.79 Å². The van der Waals surface area contributed by atoms with Gasteiger partial charge in [0, 0.05) is 0 Å². The van der Waals surface area contributed by atoms with E-state index in [4.69, 9.17) is 9.47 Å². The van der Waals surface area contributed by atoms with E-state index in [9.17, 15) is 25.2 Å². The SMILES string of the molecule is COc1cc(C=C2OC(=O)C(c3ccc(O)cc3)=C2O)cc(O)c1O. The van der Waals surface area contributed by atoms with Crippen molar-refractivity contribution in [3.05, 3.63) is 59.0 Å². The molecule has 1 aliphatic rings. The molecule has 0 fully saturated rings. The minimum Gasteiger partial charge on any atom is -0.508 e. The van der Waals surface area contributed by atoms with Gasteiger partial charge in [-0.15, -0.1) is 0 Å². The topological polar surface area (TPSA) is 116 Å². The number of esters is 1. The minimum atomic E-state index is -0.746. The van der Waals surface area contributed by atoms with Gasteiger partial charge >= 0.3 is 5.97 Å². The van der Waals surface area contributed by atoms with Gasteiger partial charge in [0.2, 0.25) is 5.75 Å². The fourth-order valence-electron chi connectivity index (χ4n) is 2.40. The maximum Gasteiger partial charge on any atom is 0.348 e.